The Balaban J connectivity index is 1.45. The first kappa shape index (κ1) is 25.7. The van der Waals surface area contributed by atoms with E-state index in [9.17, 15) is 23.2 Å². The van der Waals surface area contributed by atoms with Crippen molar-refractivity contribution in [3.63, 3.8) is 0 Å². The average Bonchev–Trinajstić information content (AvgIpc) is 3.38. The van der Waals surface area contributed by atoms with Crippen LogP contribution in [0.5, 0.6) is 0 Å². The Morgan fingerprint density at radius 3 is 2.53 bits per heavy atom. The zero-order valence-electron chi connectivity index (χ0n) is 21.5. The molecule has 4 heterocycles. The zero-order valence-corrected chi connectivity index (χ0v) is 21.5. The van der Waals surface area contributed by atoms with Crippen LogP contribution in [0, 0.1) is 16.7 Å². The van der Waals surface area contributed by atoms with Crippen molar-refractivity contribution in [1.29, 1.82) is 5.26 Å². The summed E-state index contributed by atoms with van der Waals surface area (Å²) in [6.45, 7) is 8.22. The molecule has 4 aromatic rings. The number of fused-ring (bicyclic) bond motifs is 2. The monoisotopic (exact) mass is 524 g/mol. The number of halogens is 3. The van der Waals surface area contributed by atoms with E-state index in [1.165, 1.54) is 9.25 Å². The maximum absolute atomic E-state index is 13.0. The van der Waals surface area contributed by atoms with Crippen molar-refractivity contribution in [1.82, 2.24) is 33.8 Å². The van der Waals surface area contributed by atoms with Gasteiger partial charge in [-0.3, -0.25) is 14.0 Å². The first-order chi connectivity index (χ1) is 17.8. The van der Waals surface area contributed by atoms with Crippen molar-refractivity contribution in [2.24, 2.45) is 12.5 Å². The van der Waals surface area contributed by atoms with Crippen LogP contribution in [-0.2, 0) is 39.4 Å². The summed E-state index contributed by atoms with van der Waals surface area (Å²) in [5, 5.41) is 13.3. The molecule has 0 unspecified atom stereocenters. The van der Waals surface area contributed by atoms with E-state index in [1.807, 2.05) is 29.2 Å². The molecule has 9 nitrogen and oxygen atoms in total. The second kappa shape index (κ2) is 9.09. The number of aromatic nitrogens is 6. The minimum Gasteiger partial charge on any atom is -0.290 e. The Labute approximate surface area is 216 Å². The van der Waals surface area contributed by atoms with Crippen LogP contribution >= 0.6 is 0 Å². The minimum absolute atomic E-state index is 0.102. The lowest BCUT2D eigenvalue weighted by Crippen LogP contribution is -2.33. The average molecular weight is 525 g/mol. The lowest BCUT2D eigenvalue weighted by Gasteiger charge is -2.26. The highest BCUT2D eigenvalue weighted by Gasteiger charge is 2.37. The summed E-state index contributed by atoms with van der Waals surface area (Å²) in [6.07, 6.45) is -4.58. The number of imidazole rings is 1. The number of pyridine rings is 1. The number of alkyl halides is 3. The van der Waals surface area contributed by atoms with Gasteiger partial charge in [0, 0.05) is 32.2 Å². The molecule has 0 radical (unpaired) electrons. The normalized spacial score (nSPS) is 14.6. The fourth-order valence-corrected chi connectivity index (χ4v) is 4.75. The molecule has 0 spiro atoms. The molecule has 0 amide bonds. The van der Waals surface area contributed by atoms with Gasteiger partial charge in [0.2, 0.25) is 0 Å². The standard InChI is InChI=1S/C26H27F3N8O/c1-25(2,3)15-36-20-8-7-19(31-22(20)34(4)24(36)38)18-11-16(5-6-17(18)12-30)13-35-9-10-37-21(14-35)32-23(33-37)26(27,28)29/h5-8,11H,9-10,13-15H2,1-4H3. The Bertz CT molecular complexity index is 1630. The van der Waals surface area contributed by atoms with E-state index < -0.39 is 12.0 Å². The molecule has 0 saturated heterocycles. The van der Waals surface area contributed by atoms with E-state index in [-0.39, 0.29) is 23.5 Å². The van der Waals surface area contributed by atoms with Crippen LogP contribution in [0.3, 0.4) is 0 Å². The summed E-state index contributed by atoms with van der Waals surface area (Å²) in [6, 6.07) is 11.3. The van der Waals surface area contributed by atoms with E-state index in [2.05, 4.69) is 36.9 Å². The van der Waals surface area contributed by atoms with E-state index in [0.29, 0.717) is 48.6 Å². The Morgan fingerprint density at radius 1 is 1.08 bits per heavy atom. The summed E-state index contributed by atoms with van der Waals surface area (Å²) in [5.74, 6) is -0.854. The molecule has 198 valence electrons. The van der Waals surface area contributed by atoms with Gasteiger partial charge >= 0.3 is 11.9 Å². The van der Waals surface area contributed by atoms with Gasteiger partial charge in [-0.1, -0.05) is 26.8 Å². The molecular weight excluding hydrogens is 497 g/mol. The van der Waals surface area contributed by atoms with E-state index in [4.69, 9.17) is 4.98 Å². The largest absolute Gasteiger partial charge is 0.453 e. The van der Waals surface area contributed by atoms with Crippen molar-refractivity contribution in [3.8, 4) is 17.3 Å². The molecule has 0 saturated carbocycles. The fourth-order valence-electron chi connectivity index (χ4n) is 4.75. The molecule has 5 rings (SSSR count). The van der Waals surface area contributed by atoms with Gasteiger partial charge in [-0.05, 0) is 35.2 Å². The molecule has 3 aromatic heterocycles. The van der Waals surface area contributed by atoms with E-state index >= 15 is 0 Å². The van der Waals surface area contributed by atoms with Gasteiger partial charge in [-0.2, -0.15) is 18.4 Å². The topological polar surface area (TPSA) is 97.6 Å². The van der Waals surface area contributed by atoms with Crippen molar-refractivity contribution in [2.45, 2.75) is 53.1 Å². The van der Waals surface area contributed by atoms with Crippen molar-refractivity contribution < 1.29 is 13.2 Å². The highest BCUT2D eigenvalue weighted by molar-refractivity contribution is 5.78. The third-order valence-corrected chi connectivity index (χ3v) is 6.49. The van der Waals surface area contributed by atoms with Crippen LogP contribution in [0.1, 0.15) is 43.5 Å². The van der Waals surface area contributed by atoms with Crippen molar-refractivity contribution in [2.75, 3.05) is 6.54 Å². The van der Waals surface area contributed by atoms with Gasteiger partial charge < -0.3 is 0 Å². The smallest absolute Gasteiger partial charge is 0.290 e. The predicted octanol–water partition coefficient (Wildman–Crippen LogP) is 3.95. The lowest BCUT2D eigenvalue weighted by molar-refractivity contribution is -0.145. The molecule has 0 N–H and O–H groups in total. The van der Waals surface area contributed by atoms with E-state index in [0.717, 1.165) is 11.1 Å². The van der Waals surface area contributed by atoms with Gasteiger partial charge in [0.25, 0.3) is 5.82 Å². The summed E-state index contributed by atoms with van der Waals surface area (Å²) >= 11 is 0. The molecule has 0 aliphatic carbocycles. The number of aryl methyl sites for hydroxylation is 1. The second-order valence-corrected chi connectivity index (χ2v) is 10.8. The number of benzene rings is 1. The zero-order chi connectivity index (χ0) is 27.4. The Kier molecular flexibility index (Phi) is 6.14. The molecule has 38 heavy (non-hydrogen) atoms. The summed E-state index contributed by atoms with van der Waals surface area (Å²) < 4.78 is 43.6. The number of rotatable bonds is 4. The van der Waals surface area contributed by atoms with Gasteiger partial charge in [-0.15, -0.1) is 5.10 Å². The Hall–Kier alpha value is -3.98. The first-order valence-electron chi connectivity index (χ1n) is 12.2. The molecule has 0 bridgehead atoms. The van der Waals surface area contributed by atoms with Crippen LogP contribution in [0.4, 0.5) is 13.2 Å². The summed E-state index contributed by atoms with van der Waals surface area (Å²) in [7, 11) is 1.68. The molecule has 0 atom stereocenters. The van der Waals surface area contributed by atoms with Crippen molar-refractivity contribution in [3.05, 3.63) is 63.6 Å². The number of nitriles is 1. The third kappa shape index (κ3) is 4.81. The van der Waals surface area contributed by atoms with E-state index in [1.54, 1.807) is 17.7 Å². The van der Waals surface area contributed by atoms with Crippen LogP contribution < -0.4 is 5.69 Å². The van der Waals surface area contributed by atoms with Crippen LogP contribution in [0.2, 0.25) is 0 Å². The van der Waals surface area contributed by atoms with Crippen LogP contribution in [0.25, 0.3) is 22.4 Å². The highest BCUT2D eigenvalue weighted by atomic mass is 19.4. The Morgan fingerprint density at radius 2 is 1.84 bits per heavy atom. The highest BCUT2D eigenvalue weighted by Crippen LogP contribution is 2.29. The molecular formula is C26H27F3N8O. The number of hydrogen-bond acceptors (Lipinski definition) is 6. The molecule has 1 aliphatic rings. The maximum Gasteiger partial charge on any atom is 0.453 e. The van der Waals surface area contributed by atoms with Crippen LogP contribution in [0.15, 0.2) is 35.1 Å². The van der Waals surface area contributed by atoms with Gasteiger partial charge in [-0.25, -0.2) is 19.4 Å². The molecule has 1 aliphatic heterocycles. The minimum atomic E-state index is -4.58. The summed E-state index contributed by atoms with van der Waals surface area (Å²) in [4.78, 5) is 23.3. The van der Waals surface area contributed by atoms with Crippen molar-refractivity contribution >= 4 is 11.2 Å². The molecule has 12 heteroatoms. The molecule has 1 aromatic carbocycles. The quantitative estimate of drug-likeness (QED) is 0.401. The fraction of sp³-hybridized carbons (Fsp3) is 0.423. The van der Waals surface area contributed by atoms with Crippen LogP contribution in [-0.4, -0.2) is 40.3 Å². The lowest BCUT2D eigenvalue weighted by atomic mass is 9.97. The number of nitrogens with zero attached hydrogens (tertiary/aromatic N) is 8. The van der Waals surface area contributed by atoms with Gasteiger partial charge in [0.15, 0.2) is 5.65 Å². The first-order valence-corrected chi connectivity index (χ1v) is 12.2. The second-order valence-electron chi connectivity index (χ2n) is 10.8. The molecule has 0 fully saturated rings. The number of hydrogen-bond donors (Lipinski definition) is 0. The van der Waals surface area contributed by atoms with Gasteiger partial charge in [0.05, 0.1) is 35.9 Å². The summed E-state index contributed by atoms with van der Waals surface area (Å²) in [5.41, 5.74) is 3.51. The maximum atomic E-state index is 13.0. The predicted molar refractivity (Wildman–Crippen MR) is 134 cm³/mol. The SMILES string of the molecule is Cn1c(=O)n(CC(C)(C)C)c2ccc(-c3cc(CN4CCn5nc(C(F)(F)F)nc5C4)ccc3C#N)nc21. The third-order valence-electron chi connectivity index (χ3n) is 6.49. The van der Waals surface area contributed by atoms with Gasteiger partial charge in [0.1, 0.15) is 5.82 Å².